The molecule has 0 amide bonds. The van der Waals surface area contributed by atoms with Crippen LogP contribution in [-0.2, 0) is 5.92 Å². The minimum Gasteiger partial charge on any atom is -0.346 e. The number of nitrogens with two attached hydrogens (primary N) is 1. The number of nitrogens with one attached hydrogen (secondary N) is 1. The van der Waals surface area contributed by atoms with Crippen LogP contribution in [0.25, 0.3) is 11.0 Å². The van der Waals surface area contributed by atoms with E-state index in [4.69, 9.17) is 5.84 Å². The zero-order chi connectivity index (χ0) is 19.7. The van der Waals surface area contributed by atoms with E-state index in [-0.39, 0.29) is 18.2 Å². The summed E-state index contributed by atoms with van der Waals surface area (Å²) in [6.07, 6.45) is 5.91. The van der Waals surface area contributed by atoms with Crippen LogP contribution in [0.15, 0.2) is 36.9 Å². The van der Waals surface area contributed by atoms with Gasteiger partial charge in [0.05, 0.1) is 11.9 Å². The second kappa shape index (κ2) is 7.40. The van der Waals surface area contributed by atoms with E-state index < -0.39 is 5.92 Å². The first-order valence-corrected chi connectivity index (χ1v) is 9.29. The Hall–Kier alpha value is -2.65. The van der Waals surface area contributed by atoms with E-state index in [0.29, 0.717) is 31.7 Å². The molecule has 7 nitrogen and oxygen atoms in total. The molecule has 9 heteroatoms. The molecular formula is C19H23F2N7. The van der Waals surface area contributed by atoms with E-state index in [2.05, 4.69) is 19.9 Å². The predicted octanol–water partition coefficient (Wildman–Crippen LogP) is 2.60. The number of piperidine rings is 1. The van der Waals surface area contributed by atoms with Gasteiger partial charge >= 0.3 is 0 Å². The molecule has 1 aliphatic heterocycles. The summed E-state index contributed by atoms with van der Waals surface area (Å²) in [5.74, 6) is 4.05. The van der Waals surface area contributed by atoms with Crippen LogP contribution in [0.2, 0.25) is 0 Å². The summed E-state index contributed by atoms with van der Waals surface area (Å²) >= 11 is 0. The number of likely N-dealkylation sites (tertiary alicyclic amines) is 1. The zero-order valence-corrected chi connectivity index (χ0v) is 15.6. The predicted molar refractivity (Wildman–Crippen MR) is 103 cm³/mol. The molecule has 0 aromatic carbocycles. The van der Waals surface area contributed by atoms with E-state index >= 15 is 0 Å². The number of alkyl halides is 2. The third kappa shape index (κ3) is 3.67. The number of fused-ring (bicyclic) bond motifs is 1. The van der Waals surface area contributed by atoms with Gasteiger partial charge in [0.25, 0.3) is 5.92 Å². The van der Waals surface area contributed by atoms with Gasteiger partial charge in [-0.15, -0.1) is 0 Å². The van der Waals surface area contributed by atoms with Crippen LogP contribution < -0.4 is 10.9 Å². The molecule has 1 aliphatic rings. The lowest BCUT2D eigenvalue weighted by molar-refractivity contribution is -0.0428. The van der Waals surface area contributed by atoms with Crippen LogP contribution in [0.4, 0.5) is 14.6 Å². The quantitative estimate of drug-likeness (QED) is 0.517. The fourth-order valence-corrected chi connectivity index (χ4v) is 3.65. The summed E-state index contributed by atoms with van der Waals surface area (Å²) < 4.78 is 29.2. The third-order valence-corrected chi connectivity index (χ3v) is 5.28. The average Bonchev–Trinajstić information content (AvgIpc) is 3.17. The van der Waals surface area contributed by atoms with Gasteiger partial charge in [0.15, 0.2) is 5.82 Å². The Kier molecular flexibility index (Phi) is 4.94. The maximum Gasteiger partial charge on any atom is 0.287 e. The van der Waals surface area contributed by atoms with Crippen LogP contribution in [0.3, 0.4) is 0 Å². The van der Waals surface area contributed by atoms with Gasteiger partial charge in [0.1, 0.15) is 12.0 Å². The lowest BCUT2D eigenvalue weighted by atomic mass is 10.0. The van der Waals surface area contributed by atoms with Crippen molar-refractivity contribution in [1.29, 1.82) is 0 Å². The van der Waals surface area contributed by atoms with Crippen molar-refractivity contribution in [2.24, 2.45) is 5.84 Å². The Bertz CT molecular complexity index is 933. The second-order valence-electron chi connectivity index (χ2n) is 7.24. The number of hydrogen-bond donors (Lipinski definition) is 2. The van der Waals surface area contributed by atoms with Crippen molar-refractivity contribution in [3.05, 3.63) is 48.2 Å². The average molecular weight is 387 g/mol. The van der Waals surface area contributed by atoms with Gasteiger partial charge < -0.3 is 4.98 Å². The molecule has 0 saturated carbocycles. The molecule has 4 rings (SSSR count). The molecule has 0 radical (unpaired) electrons. The van der Waals surface area contributed by atoms with E-state index in [1.165, 1.54) is 18.6 Å². The SMILES string of the molecule is Cc1ccc(C(F)(F)CN2CCC(N(N)c3ncnc4[nH]ccc34)CC2)cn1. The standard InChI is InChI=1S/C19H23F2N7/c1-13-2-3-14(10-24-13)19(20,21)11-27-8-5-15(6-9-27)28(22)18-16-4-7-23-17(16)25-12-26-18/h2-4,7,10,12,15H,5-6,8-9,11,22H2,1H3,(H,23,25,26). The van der Waals surface area contributed by atoms with Gasteiger partial charge in [-0.1, -0.05) is 0 Å². The Morgan fingerprint density at radius 3 is 2.71 bits per heavy atom. The number of pyridine rings is 1. The number of hydrazine groups is 1. The topological polar surface area (TPSA) is 87.0 Å². The van der Waals surface area contributed by atoms with Crippen LogP contribution in [-0.4, -0.2) is 50.5 Å². The van der Waals surface area contributed by atoms with Crippen molar-refractivity contribution < 1.29 is 8.78 Å². The number of hydrogen-bond acceptors (Lipinski definition) is 6. The monoisotopic (exact) mass is 387 g/mol. The molecule has 28 heavy (non-hydrogen) atoms. The number of aryl methyl sites for hydroxylation is 1. The summed E-state index contributed by atoms with van der Waals surface area (Å²) in [5, 5.41) is 2.50. The Morgan fingerprint density at radius 2 is 2.00 bits per heavy atom. The molecule has 3 aromatic rings. The first-order valence-electron chi connectivity index (χ1n) is 9.29. The number of H-pyrrole nitrogens is 1. The molecular weight excluding hydrogens is 364 g/mol. The molecule has 0 aliphatic carbocycles. The van der Waals surface area contributed by atoms with Crippen molar-refractivity contribution in [2.45, 2.75) is 31.7 Å². The van der Waals surface area contributed by atoms with Crippen molar-refractivity contribution in [2.75, 3.05) is 24.6 Å². The van der Waals surface area contributed by atoms with Crippen molar-refractivity contribution in [3.63, 3.8) is 0 Å². The first kappa shape index (κ1) is 18.7. The summed E-state index contributed by atoms with van der Waals surface area (Å²) in [6, 6.07) is 4.99. The summed E-state index contributed by atoms with van der Waals surface area (Å²) in [6.45, 7) is 2.57. The number of anilines is 1. The lowest BCUT2D eigenvalue weighted by Crippen LogP contribution is -2.50. The van der Waals surface area contributed by atoms with Crippen LogP contribution in [0.1, 0.15) is 24.1 Å². The highest BCUT2D eigenvalue weighted by Crippen LogP contribution is 2.31. The molecule has 148 valence electrons. The maximum atomic E-state index is 14.6. The number of aromatic amines is 1. The minimum atomic E-state index is -2.93. The van der Waals surface area contributed by atoms with Gasteiger partial charge in [-0.2, -0.15) is 8.78 Å². The van der Waals surface area contributed by atoms with Crippen LogP contribution in [0.5, 0.6) is 0 Å². The molecule has 1 saturated heterocycles. The largest absolute Gasteiger partial charge is 0.346 e. The van der Waals surface area contributed by atoms with Gasteiger partial charge in [0.2, 0.25) is 0 Å². The summed E-state index contributed by atoms with van der Waals surface area (Å²) in [5.41, 5.74) is 1.41. The molecule has 0 bridgehead atoms. The number of aromatic nitrogens is 4. The Morgan fingerprint density at radius 1 is 1.21 bits per heavy atom. The summed E-state index contributed by atoms with van der Waals surface area (Å²) in [4.78, 5) is 17.3. The van der Waals surface area contributed by atoms with Crippen LogP contribution >= 0.6 is 0 Å². The fourth-order valence-electron chi connectivity index (χ4n) is 3.65. The lowest BCUT2D eigenvalue weighted by Gasteiger charge is -2.38. The molecule has 3 aromatic heterocycles. The van der Waals surface area contributed by atoms with Gasteiger partial charge in [0, 0.05) is 42.8 Å². The van der Waals surface area contributed by atoms with Gasteiger partial charge in [-0.3, -0.25) is 14.9 Å². The zero-order valence-electron chi connectivity index (χ0n) is 15.6. The molecule has 1 fully saturated rings. The number of halogens is 2. The Labute approximate surface area is 161 Å². The second-order valence-corrected chi connectivity index (χ2v) is 7.24. The van der Waals surface area contributed by atoms with Crippen molar-refractivity contribution in [1.82, 2.24) is 24.8 Å². The normalized spacial score (nSPS) is 16.6. The highest BCUT2D eigenvalue weighted by molar-refractivity contribution is 5.87. The third-order valence-electron chi connectivity index (χ3n) is 5.28. The minimum absolute atomic E-state index is 0.0407. The highest BCUT2D eigenvalue weighted by atomic mass is 19.3. The fraction of sp³-hybridized carbons (Fsp3) is 0.421. The molecule has 0 spiro atoms. The smallest absolute Gasteiger partial charge is 0.287 e. The van der Waals surface area contributed by atoms with E-state index in [0.717, 1.165) is 16.7 Å². The maximum absolute atomic E-state index is 14.6. The van der Waals surface area contributed by atoms with Gasteiger partial charge in [-0.25, -0.2) is 15.8 Å². The van der Waals surface area contributed by atoms with Crippen molar-refractivity contribution >= 4 is 16.9 Å². The molecule has 4 heterocycles. The molecule has 0 unspecified atom stereocenters. The number of nitrogens with zero attached hydrogens (tertiary/aromatic N) is 5. The highest BCUT2D eigenvalue weighted by Gasteiger charge is 2.36. The van der Waals surface area contributed by atoms with Crippen LogP contribution in [0, 0.1) is 6.92 Å². The molecule has 3 N–H and O–H groups in total. The molecule has 0 atom stereocenters. The van der Waals surface area contributed by atoms with E-state index in [1.54, 1.807) is 29.1 Å². The number of rotatable bonds is 5. The first-order chi connectivity index (χ1) is 13.4. The van der Waals surface area contributed by atoms with Crippen molar-refractivity contribution in [3.8, 4) is 0 Å². The Balaban J connectivity index is 1.39. The summed E-state index contributed by atoms with van der Waals surface area (Å²) in [7, 11) is 0. The van der Waals surface area contributed by atoms with E-state index in [9.17, 15) is 8.78 Å². The van der Waals surface area contributed by atoms with E-state index in [1.807, 2.05) is 6.07 Å². The van der Waals surface area contributed by atoms with Gasteiger partial charge in [-0.05, 0) is 38.0 Å².